The molecule has 11 rings (SSSR count). The Bertz CT molecular complexity index is 4190. The summed E-state index contributed by atoms with van der Waals surface area (Å²) < 4.78 is 183. The number of fused-ring (bicyclic) bond motifs is 3. The summed E-state index contributed by atoms with van der Waals surface area (Å²) in [6, 6.07) is 40.2. The zero-order chi connectivity index (χ0) is 61.6. The van der Waals surface area contributed by atoms with E-state index in [4.69, 9.17) is 9.90 Å². The highest BCUT2D eigenvalue weighted by molar-refractivity contribution is 6.12. The molecular formula is C64H56FN3O. The minimum Gasteiger partial charge on any atom is -0.455 e. The molecule has 4 aromatic heterocycles. The number of hydrogen-bond acceptors (Lipinski definition) is 4. The van der Waals surface area contributed by atoms with E-state index in [-0.39, 0.29) is 50.9 Å². The van der Waals surface area contributed by atoms with Gasteiger partial charge in [0.25, 0.3) is 0 Å². The van der Waals surface area contributed by atoms with Crippen LogP contribution in [0.25, 0.3) is 66.8 Å². The lowest BCUT2D eigenvalue weighted by molar-refractivity contribution is 0.441. The summed E-state index contributed by atoms with van der Waals surface area (Å²) in [7, 11) is 0. The Hall–Kier alpha value is -7.50. The number of furan rings is 1. The summed E-state index contributed by atoms with van der Waals surface area (Å²) in [4.78, 5) is 13.5. The minimum absolute atomic E-state index is 0.0875. The van der Waals surface area contributed by atoms with Crippen LogP contribution in [0.5, 0.6) is 0 Å². The van der Waals surface area contributed by atoms with Gasteiger partial charge in [-0.25, -0.2) is 4.39 Å². The molecule has 6 aromatic carbocycles. The Kier molecular flexibility index (Phi) is 8.33. The van der Waals surface area contributed by atoms with Crippen molar-refractivity contribution in [2.24, 2.45) is 0 Å². The Labute approximate surface area is 428 Å². The van der Waals surface area contributed by atoms with Crippen molar-refractivity contribution in [3.63, 3.8) is 0 Å². The molecule has 4 heterocycles. The van der Waals surface area contributed by atoms with Crippen molar-refractivity contribution in [2.45, 2.75) is 83.1 Å². The molecule has 10 aromatic rings. The zero-order valence-electron chi connectivity index (χ0n) is 54.4. The van der Waals surface area contributed by atoms with E-state index in [1.54, 1.807) is 109 Å². The van der Waals surface area contributed by atoms with Crippen molar-refractivity contribution in [1.82, 2.24) is 15.0 Å². The lowest BCUT2D eigenvalue weighted by Crippen LogP contribution is -2.09. The summed E-state index contributed by atoms with van der Waals surface area (Å²) in [5, 5.41) is 0.993. The molecular weight excluding hydrogens is 846 g/mol. The largest absolute Gasteiger partial charge is 0.455 e. The van der Waals surface area contributed by atoms with Gasteiger partial charge < -0.3 is 4.42 Å². The molecule has 1 saturated carbocycles. The van der Waals surface area contributed by atoms with Crippen LogP contribution in [-0.4, -0.2) is 15.0 Å². The molecule has 0 bridgehead atoms. The van der Waals surface area contributed by atoms with Crippen LogP contribution >= 0.6 is 0 Å². The van der Waals surface area contributed by atoms with E-state index >= 15 is 4.39 Å². The molecule has 0 spiro atoms. The number of aryl methyl sites for hydroxylation is 7. The highest BCUT2D eigenvalue weighted by Gasteiger charge is 2.22. The molecule has 340 valence electrons. The first-order valence-electron chi connectivity index (χ1n) is 31.5. The second kappa shape index (κ2) is 20.0. The van der Waals surface area contributed by atoms with Gasteiger partial charge in [0.05, 0.1) is 24.0 Å². The third kappa shape index (κ3) is 9.65. The molecule has 0 amide bonds. The number of aromatic nitrogens is 3. The van der Waals surface area contributed by atoms with Gasteiger partial charge in [0.1, 0.15) is 17.0 Å². The van der Waals surface area contributed by atoms with Crippen molar-refractivity contribution in [1.29, 1.82) is 0 Å². The van der Waals surface area contributed by atoms with Crippen molar-refractivity contribution in [3.8, 4) is 44.9 Å². The van der Waals surface area contributed by atoms with Gasteiger partial charge in [0.15, 0.2) is 0 Å². The standard InChI is InChI=1S/C64H56FN3O/c1-43-35-60(49-17-8-3-9-18-49)67-41-52(43)30-27-46-36-45(37-47(38-46)28-31-53-42-68-61(50-19-10-4-11-20-50)39-57(53)48-15-6-2-7-16-48)26-25-44-29-34-59(66-40-44)56-24-14-23-54-55-32-33-58(65)62(64(55)69-63(54)56)51-21-12-5-13-22-51/h3-5,8-14,17-24,29,32-42,48H,2,6-7,15-16,25-28,30-31H2,1H3/i1D3,25D2,26D2,27D2,28D2,30D2,31D2,33D,48D. The molecule has 1 fully saturated rings. The number of halogens is 1. The first-order valence-corrected chi connectivity index (χ1v) is 23.0. The molecule has 0 saturated heterocycles. The molecule has 69 heavy (non-hydrogen) atoms. The van der Waals surface area contributed by atoms with E-state index in [0.29, 0.717) is 64.4 Å². The van der Waals surface area contributed by atoms with Gasteiger partial charge in [-0.15, -0.1) is 0 Å². The van der Waals surface area contributed by atoms with Crippen LogP contribution in [0.1, 0.15) is 106 Å². The predicted molar refractivity (Wildman–Crippen MR) is 281 cm³/mol. The zero-order valence-corrected chi connectivity index (χ0v) is 37.4. The highest BCUT2D eigenvalue weighted by atomic mass is 19.1. The monoisotopic (exact) mass is 919 g/mol. The maximum Gasteiger partial charge on any atom is 0.146 e. The van der Waals surface area contributed by atoms with Crippen LogP contribution in [0.4, 0.5) is 4.39 Å². The van der Waals surface area contributed by atoms with Gasteiger partial charge in [-0.1, -0.05) is 147 Å². The molecule has 0 aliphatic heterocycles. The topological polar surface area (TPSA) is 51.8 Å². The SMILES string of the molecule is [2H]c1cc2c(oc3c(-c4ccc(C([2H])([2H])C([2H])([2H])c5cc(C([2H])([2H])C([2H])([2H])c6cnc(-c7ccccc7)cc6C([2H])([2H])[2H])cc(C([2H])([2H])C([2H])([2H])c6cnc(-c7ccccc7)cc6C6([2H])CCCCC6)c5)cn4)cccc32)c(-c2ccccc2)c1F. The summed E-state index contributed by atoms with van der Waals surface area (Å²) in [6.07, 6.45) is -13.8. The van der Waals surface area contributed by atoms with Gasteiger partial charge in [-0.2, -0.15) is 0 Å². The number of para-hydroxylation sites is 1. The molecule has 0 N–H and O–H groups in total. The van der Waals surface area contributed by atoms with Crippen LogP contribution in [-0.2, 0) is 38.2 Å². The fourth-order valence-corrected chi connectivity index (χ4v) is 8.92. The Morgan fingerprint density at radius 2 is 1.13 bits per heavy atom. The quantitative estimate of drug-likeness (QED) is 0.109. The van der Waals surface area contributed by atoms with Gasteiger partial charge in [0, 0.05) is 68.0 Å². The van der Waals surface area contributed by atoms with Crippen LogP contribution < -0.4 is 0 Å². The summed E-state index contributed by atoms with van der Waals surface area (Å²) in [5.74, 6) is -2.18. The Morgan fingerprint density at radius 3 is 1.78 bits per heavy atom. The van der Waals surface area contributed by atoms with Crippen LogP contribution in [0.2, 0.25) is 0 Å². The van der Waals surface area contributed by atoms with Crippen molar-refractivity contribution in [3.05, 3.63) is 233 Å². The van der Waals surface area contributed by atoms with E-state index < -0.39 is 84.6 Å². The lowest BCUT2D eigenvalue weighted by atomic mass is 9.81. The third-order valence-electron chi connectivity index (χ3n) is 12.4. The van der Waals surface area contributed by atoms with Gasteiger partial charge in [-0.3, -0.25) is 15.0 Å². The Morgan fingerprint density at radius 1 is 0.551 bits per heavy atom. The van der Waals surface area contributed by atoms with Gasteiger partial charge in [-0.05, 0) is 150 Å². The summed E-state index contributed by atoms with van der Waals surface area (Å²) in [6.45, 7) is -3.05. The summed E-state index contributed by atoms with van der Waals surface area (Å²) >= 11 is 0. The molecule has 0 unspecified atom stereocenters. The van der Waals surface area contributed by atoms with Gasteiger partial charge >= 0.3 is 0 Å². The first kappa shape index (κ1) is 28.7. The molecule has 1 aliphatic rings. The van der Waals surface area contributed by atoms with E-state index in [2.05, 4.69) is 15.0 Å². The van der Waals surface area contributed by atoms with E-state index in [9.17, 15) is 17.8 Å². The van der Waals surface area contributed by atoms with Crippen LogP contribution in [0.15, 0.2) is 187 Å². The lowest BCUT2D eigenvalue weighted by Gasteiger charge is -2.25. The van der Waals surface area contributed by atoms with E-state index in [1.165, 1.54) is 24.4 Å². The maximum absolute atomic E-state index is 15.8. The number of benzene rings is 6. The van der Waals surface area contributed by atoms with Crippen molar-refractivity contribution in [2.75, 3.05) is 0 Å². The number of pyridine rings is 3. The first-order chi connectivity index (χ1) is 40.5. The summed E-state index contributed by atoms with van der Waals surface area (Å²) in [5.41, 5.74) is -0.708. The Balaban J connectivity index is 1.05. The normalized spacial score (nSPS) is 18.6. The van der Waals surface area contributed by atoms with Crippen molar-refractivity contribution >= 4 is 21.9 Å². The van der Waals surface area contributed by atoms with Gasteiger partial charge in [0.2, 0.25) is 0 Å². The fraction of sp³-hybridized carbons (Fsp3) is 0.203. The molecule has 0 atom stereocenters. The highest BCUT2D eigenvalue weighted by Crippen LogP contribution is 2.41. The number of hydrogen-bond donors (Lipinski definition) is 0. The van der Waals surface area contributed by atoms with Crippen LogP contribution in [0, 0.1) is 12.7 Å². The fourth-order valence-electron chi connectivity index (χ4n) is 8.92. The molecule has 1 aliphatic carbocycles. The van der Waals surface area contributed by atoms with E-state index in [1.807, 2.05) is 6.07 Å². The predicted octanol–water partition coefficient (Wildman–Crippen LogP) is 16.3. The van der Waals surface area contributed by atoms with Crippen LogP contribution in [0.3, 0.4) is 0 Å². The second-order valence-corrected chi connectivity index (χ2v) is 17.0. The average Bonchev–Trinajstić information content (AvgIpc) is 0.931. The van der Waals surface area contributed by atoms with E-state index in [0.717, 1.165) is 43.1 Å². The molecule has 5 heteroatoms. The van der Waals surface area contributed by atoms with Crippen molar-refractivity contribution < 1.29 is 32.1 Å². The number of rotatable bonds is 14. The maximum atomic E-state index is 15.8. The second-order valence-electron chi connectivity index (χ2n) is 17.0. The minimum atomic E-state index is -3.44. The smallest absolute Gasteiger partial charge is 0.146 e. The molecule has 4 nitrogen and oxygen atoms in total. The molecule has 0 radical (unpaired) electrons. The average molecular weight is 919 g/mol. The third-order valence-corrected chi connectivity index (χ3v) is 12.4. The number of nitrogens with zero attached hydrogens (tertiary/aromatic N) is 3.